The fourth-order valence-corrected chi connectivity index (χ4v) is 2.39. The highest BCUT2D eigenvalue weighted by Crippen LogP contribution is 2.29. The molecule has 0 amide bonds. The molecule has 100 valence electrons. The molecule has 0 radical (unpaired) electrons. The monoisotopic (exact) mass is 253 g/mol. The van der Waals surface area contributed by atoms with Crippen molar-refractivity contribution >= 4 is 5.88 Å². The zero-order valence-corrected chi connectivity index (χ0v) is 10.6. The number of hydrogen-bond donors (Lipinski definition) is 1. The van der Waals surface area contributed by atoms with E-state index in [2.05, 4.69) is 17.1 Å². The van der Waals surface area contributed by atoms with Gasteiger partial charge < -0.3 is 9.73 Å². The molecule has 18 heavy (non-hydrogen) atoms. The Balaban J connectivity index is 2.14. The highest BCUT2D eigenvalue weighted by atomic mass is 16.6. The van der Waals surface area contributed by atoms with Gasteiger partial charge in [0, 0.05) is 26.2 Å². The Kier molecular flexibility index (Phi) is 4.33. The van der Waals surface area contributed by atoms with Crippen LogP contribution in [0.25, 0.3) is 0 Å². The van der Waals surface area contributed by atoms with Crippen molar-refractivity contribution in [3.8, 4) is 0 Å². The van der Waals surface area contributed by atoms with Gasteiger partial charge in [-0.1, -0.05) is 13.3 Å². The summed E-state index contributed by atoms with van der Waals surface area (Å²) in [5.41, 5.74) is 0. The van der Waals surface area contributed by atoms with Crippen LogP contribution in [0.4, 0.5) is 5.88 Å². The van der Waals surface area contributed by atoms with E-state index >= 15 is 0 Å². The molecule has 1 aliphatic rings. The number of nitro groups is 1. The maximum atomic E-state index is 10.7. The molecule has 0 spiro atoms. The number of nitrogens with zero attached hydrogens (tertiary/aromatic N) is 2. The van der Waals surface area contributed by atoms with Crippen LogP contribution in [-0.4, -0.2) is 36.0 Å². The summed E-state index contributed by atoms with van der Waals surface area (Å²) in [6, 6.07) is 3.34. The maximum Gasteiger partial charge on any atom is 0.433 e. The quantitative estimate of drug-likeness (QED) is 0.641. The minimum Gasteiger partial charge on any atom is -0.404 e. The lowest BCUT2D eigenvalue weighted by Crippen LogP contribution is -2.45. The van der Waals surface area contributed by atoms with E-state index < -0.39 is 4.92 Å². The van der Waals surface area contributed by atoms with Crippen LogP contribution in [0, 0.1) is 10.1 Å². The summed E-state index contributed by atoms with van der Waals surface area (Å²) in [4.78, 5) is 12.5. The molecule has 2 heterocycles. The Morgan fingerprint density at radius 2 is 2.22 bits per heavy atom. The van der Waals surface area contributed by atoms with Crippen LogP contribution in [0.1, 0.15) is 31.6 Å². The molecule has 1 saturated heterocycles. The lowest BCUT2D eigenvalue weighted by Gasteiger charge is -2.33. The van der Waals surface area contributed by atoms with E-state index in [1.807, 2.05) is 0 Å². The fourth-order valence-electron chi connectivity index (χ4n) is 2.39. The van der Waals surface area contributed by atoms with Crippen molar-refractivity contribution < 1.29 is 9.34 Å². The molecule has 0 aliphatic carbocycles. The summed E-state index contributed by atoms with van der Waals surface area (Å²) >= 11 is 0. The first kappa shape index (κ1) is 13.0. The lowest BCUT2D eigenvalue weighted by molar-refractivity contribution is -0.402. The molecule has 0 bridgehead atoms. The first-order chi connectivity index (χ1) is 8.72. The Hall–Kier alpha value is -1.40. The zero-order valence-electron chi connectivity index (χ0n) is 10.6. The zero-order chi connectivity index (χ0) is 13.0. The average molecular weight is 253 g/mol. The van der Waals surface area contributed by atoms with Gasteiger partial charge in [-0.15, -0.1) is 0 Å². The van der Waals surface area contributed by atoms with Crippen LogP contribution in [-0.2, 0) is 0 Å². The lowest BCUT2D eigenvalue weighted by atomic mass is 10.1. The molecule has 1 N–H and O–H groups in total. The van der Waals surface area contributed by atoms with Gasteiger partial charge in [0.1, 0.15) is 10.7 Å². The van der Waals surface area contributed by atoms with E-state index in [9.17, 15) is 10.1 Å². The van der Waals surface area contributed by atoms with Crippen molar-refractivity contribution in [2.75, 3.05) is 26.2 Å². The third-order valence-electron chi connectivity index (χ3n) is 3.28. The van der Waals surface area contributed by atoms with E-state index in [1.165, 1.54) is 6.07 Å². The molecular weight excluding hydrogens is 234 g/mol. The van der Waals surface area contributed by atoms with Gasteiger partial charge in [0.15, 0.2) is 0 Å². The molecule has 1 aromatic rings. The predicted octanol–water partition coefficient (Wildman–Crippen LogP) is 1.93. The van der Waals surface area contributed by atoms with Crippen molar-refractivity contribution in [3.05, 3.63) is 28.0 Å². The van der Waals surface area contributed by atoms with Crippen molar-refractivity contribution in [2.24, 2.45) is 0 Å². The molecule has 6 nitrogen and oxygen atoms in total. The van der Waals surface area contributed by atoms with Crippen molar-refractivity contribution in [1.82, 2.24) is 10.2 Å². The Labute approximate surface area is 106 Å². The predicted molar refractivity (Wildman–Crippen MR) is 67.5 cm³/mol. The van der Waals surface area contributed by atoms with Crippen LogP contribution in [0.15, 0.2) is 16.5 Å². The second-order valence-corrected chi connectivity index (χ2v) is 4.52. The minimum absolute atomic E-state index is 0.158. The molecular formula is C12H19N3O3. The number of furan rings is 1. The van der Waals surface area contributed by atoms with Crippen LogP contribution < -0.4 is 5.32 Å². The van der Waals surface area contributed by atoms with Gasteiger partial charge in [0.05, 0.1) is 12.1 Å². The largest absolute Gasteiger partial charge is 0.433 e. The molecule has 0 aromatic carbocycles. The average Bonchev–Trinajstić information content (AvgIpc) is 2.86. The third kappa shape index (κ3) is 2.88. The van der Waals surface area contributed by atoms with Crippen molar-refractivity contribution in [3.63, 3.8) is 0 Å². The highest BCUT2D eigenvalue weighted by molar-refractivity contribution is 5.20. The molecule has 2 rings (SSSR count). The maximum absolute atomic E-state index is 10.7. The van der Waals surface area contributed by atoms with E-state index in [0.717, 1.165) is 39.0 Å². The van der Waals surface area contributed by atoms with Gasteiger partial charge in [0.2, 0.25) is 0 Å². The summed E-state index contributed by atoms with van der Waals surface area (Å²) in [6.07, 6.45) is 1.99. The molecule has 0 saturated carbocycles. The van der Waals surface area contributed by atoms with Crippen LogP contribution >= 0.6 is 0 Å². The standard InChI is InChI=1S/C12H19N3O3/c1-2-3-10(14-8-6-13-7-9-14)11-4-5-12(18-11)15(16)17/h4-5,10,13H,2-3,6-9H2,1H3/t10-/m0/s1. The van der Waals surface area contributed by atoms with E-state index in [-0.39, 0.29) is 11.9 Å². The van der Waals surface area contributed by atoms with Crippen molar-refractivity contribution in [2.45, 2.75) is 25.8 Å². The molecule has 1 fully saturated rings. The number of hydrogen-bond acceptors (Lipinski definition) is 5. The summed E-state index contributed by atoms with van der Waals surface area (Å²) in [7, 11) is 0. The summed E-state index contributed by atoms with van der Waals surface area (Å²) < 4.78 is 5.35. The summed E-state index contributed by atoms with van der Waals surface area (Å²) in [5, 5.41) is 14.0. The van der Waals surface area contributed by atoms with E-state index in [4.69, 9.17) is 4.42 Å². The van der Waals surface area contributed by atoms with Gasteiger partial charge in [-0.25, -0.2) is 0 Å². The minimum atomic E-state index is -0.482. The fraction of sp³-hybridized carbons (Fsp3) is 0.667. The molecule has 1 atom stereocenters. The highest BCUT2D eigenvalue weighted by Gasteiger charge is 2.25. The smallest absolute Gasteiger partial charge is 0.404 e. The number of rotatable bonds is 5. The summed E-state index contributed by atoms with van der Waals surface area (Å²) in [6.45, 7) is 5.96. The molecule has 6 heteroatoms. The molecule has 1 aromatic heterocycles. The Morgan fingerprint density at radius 1 is 1.50 bits per heavy atom. The van der Waals surface area contributed by atoms with Gasteiger partial charge in [-0.05, 0) is 12.5 Å². The first-order valence-electron chi connectivity index (χ1n) is 6.41. The van der Waals surface area contributed by atoms with E-state index in [0.29, 0.717) is 5.76 Å². The van der Waals surface area contributed by atoms with Crippen LogP contribution in [0.3, 0.4) is 0 Å². The van der Waals surface area contributed by atoms with Crippen LogP contribution in [0.5, 0.6) is 0 Å². The molecule has 0 unspecified atom stereocenters. The third-order valence-corrected chi connectivity index (χ3v) is 3.28. The Morgan fingerprint density at radius 3 is 2.78 bits per heavy atom. The topological polar surface area (TPSA) is 71.5 Å². The van der Waals surface area contributed by atoms with Gasteiger partial charge in [0.25, 0.3) is 0 Å². The number of piperazine rings is 1. The van der Waals surface area contributed by atoms with Gasteiger partial charge in [-0.3, -0.25) is 15.0 Å². The van der Waals surface area contributed by atoms with Crippen molar-refractivity contribution in [1.29, 1.82) is 0 Å². The second-order valence-electron chi connectivity index (χ2n) is 4.52. The van der Waals surface area contributed by atoms with Gasteiger partial charge >= 0.3 is 5.88 Å². The second kappa shape index (κ2) is 5.97. The normalized spacial score (nSPS) is 18.7. The number of nitrogens with one attached hydrogen (secondary N) is 1. The van der Waals surface area contributed by atoms with Gasteiger partial charge in [-0.2, -0.15) is 0 Å². The summed E-state index contributed by atoms with van der Waals surface area (Å²) in [5.74, 6) is 0.548. The first-order valence-corrected chi connectivity index (χ1v) is 6.41. The molecule has 1 aliphatic heterocycles. The Bertz CT molecular complexity index is 399. The van der Waals surface area contributed by atoms with E-state index in [1.54, 1.807) is 6.07 Å². The van der Waals surface area contributed by atoms with Crippen LogP contribution in [0.2, 0.25) is 0 Å². The SMILES string of the molecule is CCC[C@@H](c1ccc([N+](=O)[O-])o1)N1CCNCC1.